The minimum absolute atomic E-state index is 0.839. The van der Waals surface area contributed by atoms with Gasteiger partial charge in [-0.25, -0.2) is 0 Å². The Morgan fingerprint density at radius 1 is 1.05 bits per heavy atom. The summed E-state index contributed by atoms with van der Waals surface area (Å²) in [6.07, 6.45) is 7.21. The largest absolute Gasteiger partial charge is 0.0654 e. The Labute approximate surface area is 122 Å². The van der Waals surface area contributed by atoms with E-state index in [2.05, 4.69) is 48.5 Å². The van der Waals surface area contributed by atoms with Crippen LogP contribution in [-0.4, -0.2) is 0 Å². The first-order valence-electron chi connectivity index (χ1n) is 8.88. The van der Waals surface area contributed by atoms with Crippen molar-refractivity contribution in [3.8, 4) is 0 Å². The lowest BCUT2D eigenvalue weighted by atomic mass is 9.73. The van der Waals surface area contributed by atoms with Crippen molar-refractivity contribution in [1.82, 2.24) is 0 Å². The van der Waals surface area contributed by atoms with E-state index in [4.69, 9.17) is 0 Å². The summed E-state index contributed by atoms with van der Waals surface area (Å²) in [5.41, 5.74) is 0. The summed E-state index contributed by atoms with van der Waals surface area (Å²) >= 11 is 0. The third-order valence-corrected chi connectivity index (χ3v) is 6.19. The summed E-state index contributed by atoms with van der Waals surface area (Å²) in [6.45, 7) is 17.1. The second-order valence-corrected chi connectivity index (χ2v) is 7.99. The highest BCUT2D eigenvalue weighted by Gasteiger charge is 2.40. The van der Waals surface area contributed by atoms with Crippen molar-refractivity contribution in [3.63, 3.8) is 0 Å². The standard InChI is InChI=1S/C19H38/c1-8-9-10-18-12-15(5)17(7)19(18)16(6)11-14(4)13(2)3/h13-19H,8-12H2,1-7H3. The number of hydrogen-bond acceptors (Lipinski definition) is 0. The molecular formula is C19H38. The van der Waals surface area contributed by atoms with Gasteiger partial charge in [-0.05, 0) is 54.3 Å². The van der Waals surface area contributed by atoms with Gasteiger partial charge in [-0.1, -0.05) is 67.7 Å². The molecule has 19 heavy (non-hydrogen) atoms. The Kier molecular flexibility index (Phi) is 6.91. The second-order valence-electron chi connectivity index (χ2n) is 7.99. The highest BCUT2D eigenvalue weighted by Crippen LogP contribution is 2.48. The van der Waals surface area contributed by atoms with E-state index in [0.29, 0.717) is 0 Å². The molecule has 0 aromatic rings. The maximum Gasteiger partial charge on any atom is -0.0332 e. The fourth-order valence-electron chi connectivity index (χ4n) is 4.43. The maximum absolute atomic E-state index is 2.54. The van der Waals surface area contributed by atoms with Gasteiger partial charge in [0.15, 0.2) is 0 Å². The molecule has 1 rings (SSSR count). The smallest absolute Gasteiger partial charge is 0.0332 e. The van der Waals surface area contributed by atoms with Crippen molar-refractivity contribution in [2.45, 2.75) is 80.6 Å². The van der Waals surface area contributed by atoms with Crippen LogP contribution < -0.4 is 0 Å². The first kappa shape index (κ1) is 17.1. The van der Waals surface area contributed by atoms with Gasteiger partial charge in [-0.15, -0.1) is 0 Å². The number of unbranched alkanes of at least 4 members (excludes halogenated alkanes) is 1. The number of rotatable bonds is 7. The Morgan fingerprint density at radius 3 is 2.21 bits per heavy atom. The molecule has 0 amide bonds. The Hall–Kier alpha value is 0. The SMILES string of the molecule is CCCCC1CC(C)C(C)C1C(C)CC(C)C(C)C. The lowest BCUT2D eigenvalue weighted by Gasteiger charge is -2.32. The monoisotopic (exact) mass is 266 g/mol. The van der Waals surface area contributed by atoms with E-state index in [1.54, 1.807) is 0 Å². The van der Waals surface area contributed by atoms with Gasteiger partial charge in [0.2, 0.25) is 0 Å². The Balaban J connectivity index is 2.64. The van der Waals surface area contributed by atoms with E-state index < -0.39 is 0 Å². The molecule has 0 nitrogen and oxygen atoms in total. The normalized spacial score (nSPS) is 34.7. The first-order valence-corrected chi connectivity index (χ1v) is 8.88. The van der Waals surface area contributed by atoms with Crippen molar-refractivity contribution in [3.05, 3.63) is 0 Å². The summed E-state index contributed by atoms with van der Waals surface area (Å²) in [5, 5.41) is 0. The molecule has 6 unspecified atom stereocenters. The third-order valence-electron chi connectivity index (χ3n) is 6.19. The van der Waals surface area contributed by atoms with Crippen LogP contribution in [0.2, 0.25) is 0 Å². The summed E-state index contributed by atoms with van der Waals surface area (Å²) < 4.78 is 0. The van der Waals surface area contributed by atoms with Gasteiger partial charge >= 0.3 is 0 Å². The molecule has 6 atom stereocenters. The predicted molar refractivity (Wildman–Crippen MR) is 87.2 cm³/mol. The lowest BCUT2D eigenvalue weighted by molar-refractivity contribution is 0.170. The van der Waals surface area contributed by atoms with Gasteiger partial charge in [0.1, 0.15) is 0 Å². The van der Waals surface area contributed by atoms with Crippen LogP contribution >= 0.6 is 0 Å². The van der Waals surface area contributed by atoms with E-state index in [0.717, 1.165) is 41.4 Å². The molecule has 1 aliphatic rings. The fourth-order valence-corrected chi connectivity index (χ4v) is 4.43. The average Bonchev–Trinajstić information content (AvgIpc) is 2.62. The molecule has 1 aliphatic carbocycles. The zero-order chi connectivity index (χ0) is 14.6. The van der Waals surface area contributed by atoms with E-state index >= 15 is 0 Å². The van der Waals surface area contributed by atoms with Gasteiger partial charge in [0.25, 0.3) is 0 Å². The van der Waals surface area contributed by atoms with Crippen LogP contribution in [0.1, 0.15) is 80.6 Å². The second kappa shape index (κ2) is 7.70. The molecular weight excluding hydrogens is 228 g/mol. The molecule has 0 radical (unpaired) electrons. The summed E-state index contributed by atoms with van der Waals surface area (Å²) in [5.74, 6) is 6.52. The molecule has 0 spiro atoms. The molecule has 0 aromatic carbocycles. The van der Waals surface area contributed by atoms with E-state index in [1.165, 1.54) is 32.1 Å². The van der Waals surface area contributed by atoms with Gasteiger partial charge in [-0.2, -0.15) is 0 Å². The average molecular weight is 267 g/mol. The molecule has 1 saturated carbocycles. The number of hydrogen-bond donors (Lipinski definition) is 0. The van der Waals surface area contributed by atoms with E-state index in [1.807, 2.05) is 0 Å². The van der Waals surface area contributed by atoms with Crippen molar-refractivity contribution < 1.29 is 0 Å². The highest BCUT2D eigenvalue weighted by atomic mass is 14.5. The van der Waals surface area contributed by atoms with E-state index in [9.17, 15) is 0 Å². The van der Waals surface area contributed by atoms with Crippen LogP contribution in [-0.2, 0) is 0 Å². The zero-order valence-corrected chi connectivity index (χ0v) is 14.6. The van der Waals surface area contributed by atoms with Crippen LogP contribution in [0.5, 0.6) is 0 Å². The molecule has 0 bridgehead atoms. The maximum atomic E-state index is 2.54. The van der Waals surface area contributed by atoms with Crippen molar-refractivity contribution >= 4 is 0 Å². The van der Waals surface area contributed by atoms with Gasteiger partial charge in [0.05, 0.1) is 0 Å². The molecule has 0 saturated heterocycles. The van der Waals surface area contributed by atoms with Crippen LogP contribution in [0.4, 0.5) is 0 Å². The molecule has 0 aliphatic heterocycles. The molecule has 0 heteroatoms. The Morgan fingerprint density at radius 2 is 1.68 bits per heavy atom. The molecule has 114 valence electrons. The molecule has 0 aromatic heterocycles. The quantitative estimate of drug-likeness (QED) is 0.500. The topological polar surface area (TPSA) is 0 Å². The van der Waals surface area contributed by atoms with Crippen LogP contribution in [0, 0.1) is 41.4 Å². The Bertz CT molecular complexity index is 242. The lowest BCUT2D eigenvalue weighted by Crippen LogP contribution is -2.25. The summed E-state index contributed by atoms with van der Waals surface area (Å²) in [6, 6.07) is 0. The molecule has 0 heterocycles. The van der Waals surface area contributed by atoms with Crippen LogP contribution in [0.15, 0.2) is 0 Å². The van der Waals surface area contributed by atoms with Crippen molar-refractivity contribution in [2.24, 2.45) is 41.4 Å². The molecule has 0 N–H and O–H groups in total. The summed E-state index contributed by atoms with van der Waals surface area (Å²) in [4.78, 5) is 0. The zero-order valence-electron chi connectivity index (χ0n) is 14.6. The van der Waals surface area contributed by atoms with Crippen LogP contribution in [0.3, 0.4) is 0 Å². The minimum Gasteiger partial charge on any atom is -0.0654 e. The van der Waals surface area contributed by atoms with Crippen LogP contribution in [0.25, 0.3) is 0 Å². The van der Waals surface area contributed by atoms with Gasteiger partial charge in [-0.3, -0.25) is 0 Å². The fraction of sp³-hybridized carbons (Fsp3) is 1.00. The third kappa shape index (κ3) is 4.50. The van der Waals surface area contributed by atoms with E-state index in [-0.39, 0.29) is 0 Å². The van der Waals surface area contributed by atoms with Crippen molar-refractivity contribution in [2.75, 3.05) is 0 Å². The summed E-state index contributed by atoms with van der Waals surface area (Å²) in [7, 11) is 0. The van der Waals surface area contributed by atoms with Gasteiger partial charge < -0.3 is 0 Å². The van der Waals surface area contributed by atoms with Gasteiger partial charge in [0, 0.05) is 0 Å². The minimum atomic E-state index is 0.839. The molecule has 1 fully saturated rings. The van der Waals surface area contributed by atoms with Crippen molar-refractivity contribution in [1.29, 1.82) is 0 Å². The first-order chi connectivity index (χ1) is 8.88. The predicted octanol–water partition coefficient (Wildman–Crippen LogP) is 6.40. The highest BCUT2D eigenvalue weighted by molar-refractivity contribution is 4.90.